The second-order valence-corrected chi connectivity index (χ2v) is 4.92. The smallest absolute Gasteiger partial charge is 0.124 e. The molecule has 2 unspecified atom stereocenters. The van der Waals surface area contributed by atoms with Gasteiger partial charge in [0.25, 0.3) is 0 Å². The van der Waals surface area contributed by atoms with Crippen molar-refractivity contribution in [3.8, 4) is 5.75 Å². The summed E-state index contributed by atoms with van der Waals surface area (Å²) in [6.07, 6.45) is 0. The third-order valence-corrected chi connectivity index (χ3v) is 3.26. The minimum absolute atomic E-state index is 0.0233. The molecule has 0 saturated carbocycles. The Kier molecular flexibility index (Phi) is 3.90. The van der Waals surface area contributed by atoms with E-state index in [2.05, 4.69) is 11.2 Å². The van der Waals surface area contributed by atoms with E-state index >= 15 is 0 Å². The standard InChI is InChI=1S/C15H21N3O/c1-10-9-11(2)18(17-10)15(12(3)16)13-7-5-6-8-14(13)19-4/h5-9,12,15H,16H2,1-4H3. The normalized spacial score (nSPS) is 14.2. The van der Waals surface area contributed by atoms with E-state index in [1.807, 2.05) is 49.7 Å². The Morgan fingerprint density at radius 2 is 1.95 bits per heavy atom. The average molecular weight is 259 g/mol. The topological polar surface area (TPSA) is 53.1 Å². The molecule has 0 amide bonds. The minimum Gasteiger partial charge on any atom is -0.496 e. The molecule has 4 nitrogen and oxygen atoms in total. The Bertz CT molecular complexity index is 560. The lowest BCUT2D eigenvalue weighted by Crippen LogP contribution is -2.32. The summed E-state index contributed by atoms with van der Waals surface area (Å²) >= 11 is 0. The lowest BCUT2D eigenvalue weighted by atomic mass is 10.00. The number of nitrogens with zero attached hydrogens (tertiary/aromatic N) is 2. The van der Waals surface area contributed by atoms with Crippen molar-refractivity contribution in [2.45, 2.75) is 32.9 Å². The molecular weight excluding hydrogens is 238 g/mol. The molecule has 2 atom stereocenters. The molecule has 1 aromatic heterocycles. The summed E-state index contributed by atoms with van der Waals surface area (Å²) in [5.41, 5.74) is 9.35. The largest absolute Gasteiger partial charge is 0.496 e. The van der Waals surface area contributed by atoms with Crippen molar-refractivity contribution in [3.05, 3.63) is 47.3 Å². The van der Waals surface area contributed by atoms with Crippen molar-refractivity contribution in [1.82, 2.24) is 9.78 Å². The highest BCUT2D eigenvalue weighted by Gasteiger charge is 2.23. The Morgan fingerprint density at radius 3 is 2.47 bits per heavy atom. The van der Waals surface area contributed by atoms with Gasteiger partial charge in [-0.1, -0.05) is 18.2 Å². The fourth-order valence-corrected chi connectivity index (χ4v) is 2.48. The maximum absolute atomic E-state index is 6.19. The number of hydrogen-bond acceptors (Lipinski definition) is 3. The van der Waals surface area contributed by atoms with Crippen molar-refractivity contribution < 1.29 is 4.74 Å². The van der Waals surface area contributed by atoms with Crippen LogP contribution in [0.1, 0.15) is 29.9 Å². The van der Waals surface area contributed by atoms with E-state index in [-0.39, 0.29) is 12.1 Å². The molecule has 4 heteroatoms. The Labute approximate surface area is 114 Å². The van der Waals surface area contributed by atoms with Crippen LogP contribution in [-0.4, -0.2) is 22.9 Å². The number of aromatic nitrogens is 2. The minimum atomic E-state index is -0.0608. The zero-order valence-corrected chi connectivity index (χ0v) is 11.9. The van der Waals surface area contributed by atoms with Gasteiger partial charge in [-0.05, 0) is 32.9 Å². The summed E-state index contributed by atoms with van der Waals surface area (Å²) in [6, 6.07) is 9.93. The van der Waals surface area contributed by atoms with E-state index in [9.17, 15) is 0 Å². The Hall–Kier alpha value is -1.81. The van der Waals surface area contributed by atoms with Crippen LogP contribution in [0.25, 0.3) is 0 Å². The van der Waals surface area contributed by atoms with E-state index in [0.717, 1.165) is 22.7 Å². The van der Waals surface area contributed by atoms with Crippen LogP contribution in [-0.2, 0) is 0 Å². The first kappa shape index (κ1) is 13.6. The van der Waals surface area contributed by atoms with Gasteiger partial charge in [-0.25, -0.2) is 0 Å². The number of hydrogen-bond donors (Lipinski definition) is 1. The Morgan fingerprint density at radius 1 is 1.26 bits per heavy atom. The molecule has 2 N–H and O–H groups in total. The number of rotatable bonds is 4. The summed E-state index contributed by atoms with van der Waals surface area (Å²) in [7, 11) is 1.68. The second kappa shape index (κ2) is 5.45. The molecular formula is C15H21N3O. The monoisotopic (exact) mass is 259 g/mol. The number of nitrogens with two attached hydrogens (primary N) is 1. The molecule has 0 aliphatic carbocycles. The molecule has 0 bridgehead atoms. The first-order chi connectivity index (χ1) is 9.04. The van der Waals surface area contributed by atoms with Gasteiger partial charge < -0.3 is 10.5 Å². The molecule has 2 rings (SSSR count). The van der Waals surface area contributed by atoms with Crippen LogP contribution in [0.5, 0.6) is 5.75 Å². The maximum atomic E-state index is 6.19. The predicted octanol–water partition coefficient (Wildman–Crippen LogP) is 2.45. The van der Waals surface area contributed by atoms with E-state index in [0.29, 0.717) is 0 Å². The van der Waals surface area contributed by atoms with Crippen LogP contribution < -0.4 is 10.5 Å². The molecule has 0 aliphatic rings. The molecule has 2 aromatic rings. The number of ether oxygens (including phenoxy) is 1. The maximum Gasteiger partial charge on any atom is 0.124 e. The molecule has 0 spiro atoms. The molecule has 19 heavy (non-hydrogen) atoms. The highest BCUT2D eigenvalue weighted by atomic mass is 16.5. The SMILES string of the molecule is COc1ccccc1C(C(C)N)n1nc(C)cc1C. The van der Waals surface area contributed by atoms with Crippen LogP contribution in [0.15, 0.2) is 30.3 Å². The summed E-state index contributed by atoms with van der Waals surface area (Å²) in [5, 5.41) is 4.56. The molecule has 1 heterocycles. The van der Waals surface area contributed by atoms with Crippen LogP contribution in [0, 0.1) is 13.8 Å². The highest BCUT2D eigenvalue weighted by Crippen LogP contribution is 2.30. The van der Waals surface area contributed by atoms with Gasteiger partial charge in [0.2, 0.25) is 0 Å². The molecule has 0 radical (unpaired) electrons. The van der Waals surface area contributed by atoms with Gasteiger partial charge in [0.05, 0.1) is 18.8 Å². The zero-order valence-electron chi connectivity index (χ0n) is 11.9. The third-order valence-electron chi connectivity index (χ3n) is 3.26. The van der Waals surface area contributed by atoms with Crippen molar-refractivity contribution in [2.24, 2.45) is 5.73 Å². The van der Waals surface area contributed by atoms with Gasteiger partial charge in [0.15, 0.2) is 0 Å². The summed E-state index contributed by atoms with van der Waals surface area (Å²) in [6.45, 7) is 6.03. The van der Waals surface area contributed by atoms with Gasteiger partial charge in [0, 0.05) is 17.3 Å². The van der Waals surface area contributed by atoms with Crippen LogP contribution >= 0.6 is 0 Å². The average Bonchev–Trinajstić information content (AvgIpc) is 2.69. The fraction of sp³-hybridized carbons (Fsp3) is 0.400. The van der Waals surface area contributed by atoms with Crippen molar-refractivity contribution in [3.63, 3.8) is 0 Å². The molecule has 0 saturated heterocycles. The van der Waals surface area contributed by atoms with E-state index in [1.54, 1.807) is 7.11 Å². The van der Waals surface area contributed by atoms with Crippen molar-refractivity contribution >= 4 is 0 Å². The van der Waals surface area contributed by atoms with E-state index in [4.69, 9.17) is 10.5 Å². The third kappa shape index (κ3) is 2.63. The summed E-state index contributed by atoms with van der Waals surface area (Å²) in [5.74, 6) is 0.845. The number of benzene rings is 1. The molecule has 102 valence electrons. The van der Waals surface area contributed by atoms with Gasteiger partial charge in [-0.15, -0.1) is 0 Å². The van der Waals surface area contributed by atoms with Crippen LogP contribution in [0.2, 0.25) is 0 Å². The molecule has 1 aromatic carbocycles. The second-order valence-electron chi connectivity index (χ2n) is 4.92. The first-order valence-corrected chi connectivity index (χ1v) is 6.46. The van der Waals surface area contributed by atoms with Crippen LogP contribution in [0.3, 0.4) is 0 Å². The highest BCUT2D eigenvalue weighted by molar-refractivity contribution is 5.37. The number of methoxy groups -OCH3 is 1. The van der Waals surface area contributed by atoms with Gasteiger partial charge >= 0.3 is 0 Å². The zero-order chi connectivity index (χ0) is 14.0. The Balaban J connectivity index is 2.55. The van der Waals surface area contributed by atoms with Crippen LogP contribution in [0.4, 0.5) is 0 Å². The van der Waals surface area contributed by atoms with Crippen molar-refractivity contribution in [2.75, 3.05) is 7.11 Å². The quantitative estimate of drug-likeness (QED) is 0.917. The predicted molar refractivity (Wildman–Crippen MR) is 76.5 cm³/mol. The van der Waals surface area contributed by atoms with Crippen molar-refractivity contribution in [1.29, 1.82) is 0 Å². The fourth-order valence-electron chi connectivity index (χ4n) is 2.48. The van der Waals surface area contributed by atoms with E-state index < -0.39 is 0 Å². The first-order valence-electron chi connectivity index (χ1n) is 6.46. The lowest BCUT2D eigenvalue weighted by molar-refractivity contribution is 0.382. The van der Waals surface area contributed by atoms with Gasteiger partial charge in [-0.2, -0.15) is 5.10 Å². The van der Waals surface area contributed by atoms with Gasteiger partial charge in [0.1, 0.15) is 5.75 Å². The molecule has 0 fully saturated rings. The summed E-state index contributed by atoms with van der Waals surface area (Å²) < 4.78 is 7.43. The molecule has 0 aliphatic heterocycles. The summed E-state index contributed by atoms with van der Waals surface area (Å²) in [4.78, 5) is 0. The van der Waals surface area contributed by atoms with E-state index in [1.165, 1.54) is 0 Å². The number of aryl methyl sites for hydroxylation is 2. The number of para-hydroxylation sites is 1. The van der Waals surface area contributed by atoms with Gasteiger partial charge in [-0.3, -0.25) is 4.68 Å². The lowest BCUT2D eigenvalue weighted by Gasteiger charge is -2.25.